The van der Waals surface area contributed by atoms with E-state index in [4.69, 9.17) is 5.73 Å². The van der Waals surface area contributed by atoms with Gasteiger partial charge >= 0.3 is 0 Å². The lowest BCUT2D eigenvalue weighted by Gasteiger charge is -2.28. The van der Waals surface area contributed by atoms with Crippen LogP contribution in [0.5, 0.6) is 0 Å². The number of aromatic nitrogens is 3. The average molecular weight is 231 g/mol. The van der Waals surface area contributed by atoms with E-state index in [2.05, 4.69) is 22.0 Å². The van der Waals surface area contributed by atoms with Gasteiger partial charge in [0.05, 0.1) is 5.69 Å². The maximum atomic E-state index is 6.15. The van der Waals surface area contributed by atoms with Crippen LogP contribution in [0.15, 0.2) is 18.5 Å². The summed E-state index contributed by atoms with van der Waals surface area (Å²) in [5, 5.41) is 4.57. The van der Waals surface area contributed by atoms with Crippen molar-refractivity contribution in [1.82, 2.24) is 19.5 Å². The number of nitrogens with zero attached hydrogens (tertiary/aromatic N) is 4. The summed E-state index contributed by atoms with van der Waals surface area (Å²) in [5.74, 6) is 0.440. The minimum Gasteiger partial charge on any atom is -0.394 e. The normalized spacial score (nSPS) is 22.1. The van der Waals surface area contributed by atoms with Crippen LogP contribution >= 0.6 is 0 Å². The number of hydrogen-bond donors (Lipinski definition) is 1. The fourth-order valence-corrected chi connectivity index (χ4v) is 2.61. The van der Waals surface area contributed by atoms with Crippen LogP contribution in [0.4, 0.5) is 5.69 Å². The van der Waals surface area contributed by atoms with Crippen LogP contribution in [0.2, 0.25) is 0 Å². The zero-order valence-corrected chi connectivity index (χ0v) is 10.0. The van der Waals surface area contributed by atoms with Gasteiger partial charge in [-0.25, -0.2) is 9.50 Å². The SMILES string of the molecule is CN1CCCC(c2nn3cccnc3c2N)C1. The number of likely N-dealkylation sites (N-methyl/N-ethyl adjacent to an activating group) is 1. The Labute approximate surface area is 100 Å². The Morgan fingerprint density at radius 2 is 2.35 bits per heavy atom. The monoisotopic (exact) mass is 231 g/mol. The minimum atomic E-state index is 0.440. The van der Waals surface area contributed by atoms with Crippen molar-refractivity contribution in [2.75, 3.05) is 25.9 Å². The van der Waals surface area contributed by atoms with Gasteiger partial charge in [-0.1, -0.05) is 0 Å². The standard InChI is InChI=1S/C12H17N5/c1-16-6-2-4-9(8-16)11-10(13)12-14-5-3-7-17(12)15-11/h3,5,7,9H,2,4,6,8,13H2,1H3. The van der Waals surface area contributed by atoms with Gasteiger partial charge in [-0.3, -0.25) is 0 Å². The van der Waals surface area contributed by atoms with Gasteiger partial charge < -0.3 is 10.6 Å². The topological polar surface area (TPSA) is 59.5 Å². The summed E-state index contributed by atoms with van der Waals surface area (Å²) in [6.07, 6.45) is 6.03. The second-order valence-corrected chi connectivity index (χ2v) is 4.79. The molecule has 2 aromatic heterocycles. The molecule has 0 bridgehead atoms. The number of rotatable bonds is 1. The van der Waals surface area contributed by atoms with E-state index in [0.29, 0.717) is 5.92 Å². The van der Waals surface area contributed by atoms with Gasteiger partial charge in [0.2, 0.25) is 0 Å². The Bertz CT molecular complexity index is 533. The van der Waals surface area contributed by atoms with Crippen LogP contribution in [-0.4, -0.2) is 39.6 Å². The molecule has 0 aliphatic carbocycles. The first-order chi connectivity index (χ1) is 8.25. The van der Waals surface area contributed by atoms with Crippen molar-refractivity contribution in [2.45, 2.75) is 18.8 Å². The van der Waals surface area contributed by atoms with Crippen molar-refractivity contribution in [2.24, 2.45) is 0 Å². The molecule has 2 N–H and O–H groups in total. The Balaban J connectivity index is 2.02. The van der Waals surface area contributed by atoms with Crippen LogP contribution in [0.1, 0.15) is 24.5 Å². The minimum absolute atomic E-state index is 0.440. The summed E-state index contributed by atoms with van der Waals surface area (Å²) in [6.45, 7) is 2.20. The van der Waals surface area contributed by atoms with Gasteiger partial charge in [0.15, 0.2) is 5.65 Å². The van der Waals surface area contributed by atoms with E-state index in [1.807, 2.05) is 12.3 Å². The smallest absolute Gasteiger partial charge is 0.178 e. The molecule has 17 heavy (non-hydrogen) atoms. The van der Waals surface area contributed by atoms with Crippen molar-refractivity contribution < 1.29 is 0 Å². The highest BCUT2D eigenvalue weighted by molar-refractivity contribution is 5.68. The molecule has 1 unspecified atom stereocenters. The lowest BCUT2D eigenvalue weighted by Crippen LogP contribution is -2.31. The molecule has 0 saturated carbocycles. The van der Waals surface area contributed by atoms with Crippen LogP contribution < -0.4 is 5.73 Å². The van der Waals surface area contributed by atoms with Gasteiger partial charge in [0, 0.05) is 24.9 Å². The van der Waals surface area contributed by atoms with Crippen LogP contribution in [0.25, 0.3) is 5.65 Å². The number of anilines is 1. The molecule has 1 aliphatic heterocycles. The van der Waals surface area contributed by atoms with Crippen molar-refractivity contribution >= 4 is 11.3 Å². The Kier molecular flexibility index (Phi) is 2.48. The molecule has 1 atom stereocenters. The number of nitrogen functional groups attached to an aromatic ring is 1. The first-order valence-electron chi connectivity index (χ1n) is 6.03. The second kappa shape index (κ2) is 4.00. The molecule has 1 aliphatic rings. The maximum Gasteiger partial charge on any atom is 0.178 e. The molecule has 1 saturated heterocycles. The molecule has 5 heteroatoms. The van der Waals surface area contributed by atoms with Gasteiger partial charge in [-0.05, 0) is 32.5 Å². The van der Waals surface area contributed by atoms with E-state index in [1.165, 1.54) is 19.4 Å². The van der Waals surface area contributed by atoms with Crippen LogP contribution in [0.3, 0.4) is 0 Å². The van der Waals surface area contributed by atoms with Crippen molar-refractivity contribution in [1.29, 1.82) is 0 Å². The average Bonchev–Trinajstić information content (AvgIpc) is 2.68. The van der Waals surface area contributed by atoms with E-state index in [0.717, 1.165) is 23.6 Å². The number of hydrogen-bond acceptors (Lipinski definition) is 4. The Morgan fingerprint density at radius 1 is 1.47 bits per heavy atom. The first-order valence-corrected chi connectivity index (χ1v) is 6.03. The van der Waals surface area contributed by atoms with E-state index in [9.17, 15) is 0 Å². The van der Waals surface area contributed by atoms with Gasteiger partial charge in [0.1, 0.15) is 5.69 Å². The molecule has 0 spiro atoms. The quantitative estimate of drug-likeness (QED) is 0.799. The third-order valence-electron chi connectivity index (χ3n) is 3.47. The van der Waals surface area contributed by atoms with Crippen LogP contribution in [0, 0.1) is 0 Å². The van der Waals surface area contributed by atoms with E-state index in [1.54, 1.807) is 10.7 Å². The van der Waals surface area contributed by atoms with Crippen molar-refractivity contribution in [3.8, 4) is 0 Å². The molecule has 3 heterocycles. The lowest BCUT2D eigenvalue weighted by molar-refractivity contribution is 0.248. The summed E-state index contributed by atoms with van der Waals surface area (Å²) in [5.41, 5.74) is 8.68. The first kappa shape index (κ1) is 10.5. The van der Waals surface area contributed by atoms with Crippen molar-refractivity contribution in [3.05, 3.63) is 24.2 Å². The van der Waals surface area contributed by atoms with Gasteiger partial charge in [-0.2, -0.15) is 5.10 Å². The fraction of sp³-hybridized carbons (Fsp3) is 0.500. The third-order valence-corrected chi connectivity index (χ3v) is 3.47. The molecule has 90 valence electrons. The molecule has 0 radical (unpaired) electrons. The third kappa shape index (κ3) is 1.76. The number of piperidine rings is 1. The highest BCUT2D eigenvalue weighted by Crippen LogP contribution is 2.30. The Hall–Kier alpha value is -1.62. The van der Waals surface area contributed by atoms with Gasteiger partial charge in [0.25, 0.3) is 0 Å². The van der Waals surface area contributed by atoms with Crippen LogP contribution in [-0.2, 0) is 0 Å². The predicted octanol–water partition coefficient (Wildman–Crippen LogP) is 1.12. The molecular weight excluding hydrogens is 214 g/mol. The predicted molar refractivity (Wildman–Crippen MR) is 66.9 cm³/mol. The molecular formula is C12H17N5. The summed E-state index contributed by atoms with van der Waals surface area (Å²) >= 11 is 0. The van der Waals surface area contributed by atoms with Crippen molar-refractivity contribution in [3.63, 3.8) is 0 Å². The number of nitrogens with two attached hydrogens (primary N) is 1. The van der Waals surface area contributed by atoms with Gasteiger partial charge in [-0.15, -0.1) is 0 Å². The summed E-state index contributed by atoms with van der Waals surface area (Å²) in [4.78, 5) is 6.62. The second-order valence-electron chi connectivity index (χ2n) is 4.79. The molecule has 2 aromatic rings. The maximum absolute atomic E-state index is 6.15. The highest BCUT2D eigenvalue weighted by atomic mass is 15.3. The Morgan fingerprint density at radius 3 is 3.12 bits per heavy atom. The summed E-state index contributed by atoms with van der Waals surface area (Å²) in [6, 6.07) is 1.87. The van der Waals surface area contributed by atoms with E-state index < -0.39 is 0 Å². The summed E-state index contributed by atoms with van der Waals surface area (Å²) in [7, 11) is 2.15. The van der Waals surface area contributed by atoms with E-state index in [-0.39, 0.29) is 0 Å². The summed E-state index contributed by atoms with van der Waals surface area (Å²) < 4.78 is 1.78. The molecule has 5 nitrogen and oxygen atoms in total. The largest absolute Gasteiger partial charge is 0.394 e. The highest BCUT2D eigenvalue weighted by Gasteiger charge is 2.24. The zero-order chi connectivity index (χ0) is 11.8. The lowest BCUT2D eigenvalue weighted by atomic mass is 9.94. The number of fused-ring (bicyclic) bond motifs is 1. The zero-order valence-electron chi connectivity index (χ0n) is 10.0. The molecule has 0 aromatic carbocycles. The molecule has 1 fully saturated rings. The number of likely N-dealkylation sites (tertiary alicyclic amines) is 1. The molecule has 0 amide bonds. The molecule has 3 rings (SSSR count). The van der Waals surface area contributed by atoms with E-state index >= 15 is 0 Å². The fourth-order valence-electron chi connectivity index (χ4n) is 2.61.